The van der Waals surface area contributed by atoms with E-state index in [9.17, 15) is 0 Å². The summed E-state index contributed by atoms with van der Waals surface area (Å²) in [5, 5.41) is 5.14. The van der Waals surface area contributed by atoms with E-state index in [1.54, 1.807) is 6.07 Å². The van der Waals surface area contributed by atoms with E-state index < -0.39 is 0 Å². The zero-order chi connectivity index (χ0) is 14.7. The molecule has 2 aromatic rings. The number of hydrogen-bond acceptors (Lipinski definition) is 4. The number of hydrazine groups is 1. The molecular formula is C14H20ClN5. The predicted octanol–water partition coefficient (Wildman–Crippen LogP) is 2.45. The van der Waals surface area contributed by atoms with Crippen molar-refractivity contribution in [2.75, 3.05) is 5.73 Å². The van der Waals surface area contributed by atoms with Gasteiger partial charge in [-0.25, -0.2) is 0 Å². The van der Waals surface area contributed by atoms with Crippen molar-refractivity contribution in [2.45, 2.75) is 32.4 Å². The van der Waals surface area contributed by atoms with E-state index in [1.165, 1.54) is 0 Å². The van der Waals surface area contributed by atoms with Gasteiger partial charge in [-0.05, 0) is 37.6 Å². The van der Waals surface area contributed by atoms with Gasteiger partial charge in [-0.2, -0.15) is 5.10 Å². The summed E-state index contributed by atoms with van der Waals surface area (Å²) in [5.74, 6) is 5.65. The second-order valence-electron chi connectivity index (χ2n) is 5.08. The lowest BCUT2D eigenvalue weighted by atomic mass is 10.0. The Kier molecular flexibility index (Phi) is 4.65. The van der Waals surface area contributed by atoms with Crippen LogP contribution in [0.3, 0.4) is 0 Å². The van der Waals surface area contributed by atoms with Gasteiger partial charge >= 0.3 is 0 Å². The molecule has 2 rings (SSSR count). The van der Waals surface area contributed by atoms with Crippen LogP contribution in [0.15, 0.2) is 30.5 Å². The quantitative estimate of drug-likeness (QED) is 0.449. The molecule has 108 valence electrons. The highest BCUT2D eigenvalue weighted by atomic mass is 35.5. The SMILES string of the molecule is CC(C)n1ccc(CC(NN)c2ccc(Cl)cc2N)n1. The number of nitrogens with two attached hydrogens (primary N) is 2. The fourth-order valence-electron chi connectivity index (χ4n) is 2.10. The van der Waals surface area contributed by atoms with E-state index in [2.05, 4.69) is 24.4 Å². The molecule has 1 aromatic carbocycles. The molecule has 0 spiro atoms. The van der Waals surface area contributed by atoms with Crippen molar-refractivity contribution in [2.24, 2.45) is 5.84 Å². The van der Waals surface area contributed by atoms with Crippen LogP contribution in [-0.4, -0.2) is 9.78 Å². The summed E-state index contributed by atoms with van der Waals surface area (Å²) in [6.45, 7) is 4.18. The first-order valence-electron chi connectivity index (χ1n) is 6.56. The van der Waals surface area contributed by atoms with Gasteiger partial charge in [0.2, 0.25) is 0 Å². The van der Waals surface area contributed by atoms with Crippen LogP contribution in [0.5, 0.6) is 0 Å². The van der Waals surface area contributed by atoms with Crippen LogP contribution in [0.2, 0.25) is 5.02 Å². The number of anilines is 1. The lowest BCUT2D eigenvalue weighted by Crippen LogP contribution is -2.30. The van der Waals surface area contributed by atoms with E-state index >= 15 is 0 Å². The number of benzene rings is 1. The van der Waals surface area contributed by atoms with E-state index in [4.69, 9.17) is 23.2 Å². The smallest absolute Gasteiger partial charge is 0.0644 e. The second kappa shape index (κ2) is 6.26. The maximum absolute atomic E-state index is 6.00. The summed E-state index contributed by atoms with van der Waals surface area (Å²) in [4.78, 5) is 0. The van der Waals surface area contributed by atoms with Crippen molar-refractivity contribution in [3.8, 4) is 0 Å². The maximum atomic E-state index is 6.00. The first kappa shape index (κ1) is 14.8. The Hall–Kier alpha value is -1.56. The highest BCUT2D eigenvalue weighted by molar-refractivity contribution is 6.30. The molecule has 0 aliphatic heterocycles. The van der Waals surface area contributed by atoms with E-state index in [1.807, 2.05) is 29.1 Å². The van der Waals surface area contributed by atoms with Crippen LogP contribution >= 0.6 is 11.6 Å². The third kappa shape index (κ3) is 3.30. The zero-order valence-electron chi connectivity index (χ0n) is 11.7. The highest BCUT2D eigenvalue weighted by Crippen LogP contribution is 2.26. The molecule has 6 heteroatoms. The van der Waals surface area contributed by atoms with Gasteiger partial charge in [-0.1, -0.05) is 17.7 Å². The molecule has 0 saturated carbocycles. The minimum atomic E-state index is -0.0946. The average molecular weight is 294 g/mol. The summed E-state index contributed by atoms with van der Waals surface area (Å²) in [6.07, 6.45) is 2.64. The van der Waals surface area contributed by atoms with E-state index in [0.29, 0.717) is 23.2 Å². The summed E-state index contributed by atoms with van der Waals surface area (Å²) in [7, 11) is 0. The third-order valence-corrected chi connectivity index (χ3v) is 3.47. The molecule has 1 heterocycles. The number of nitrogens with one attached hydrogen (secondary N) is 1. The topological polar surface area (TPSA) is 81.9 Å². The third-order valence-electron chi connectivity index (χ3n) is 3.23. The number of halogens is 1. The van der Waals surface area contributed by atoms with Crippen LogP contribution < -0.4 is 17.0 Å². The second-order valence-corrected chi connectivity index (χ2v) is 5.51. The van der Waals surface area contributed by atoms with Crippen LogP contribution in [0, 0.1) is 0 Å². The summed E-state index contributed by atoms with van der Waals surface area (Å²) < 4.78 is 1.92. The average Bonchev–Trinajstić information content (AvgIpc) is 2.85. The summed E-state index contributed by atoms with van der Waals surface area (Å²) >= 11 is 5.92. The van der Waals surface area contributed by atoms with Gasteiger partial charge in [-0.3, -0.25) is 16.0 Å². The van der Waals surface area contributed by atoms with E-state index in [0.717, 1.165) is 11.3 Å². The molecule has 0 radical (unpaired) electrons. The van der Waals surface area contributed by atoms with Gasteiger partial charge in [-0.15, -0.1) is 0 Å². The Morgan fingerprint density at radius 2 is 2.10 bits per heavy atom. The predicted molar refractivity (Wildman–Crippen MR) is 82.2 cm³/mol. The molecule has 0 aliphatic rings. The summed E-state index contributed by atoms with van der Waals surface area (Å²) in [5.41, 5.74) is 11.3. The molecule has 1 atom stereocenters. The number of nitrogen functional groups attached to an aromatic ring is 1. The van der Waals surface area contributed by atoms with Gasteiger partial charge in [0.15, 0.2) is 0 Å². The minimum Gasteiger partial charge on any atom is -0.398 e. The molecule has 0 aliphatic carbocycles. The molecule has 0 bridgehead atoms. The van der Waals surface area contributed by atoms with Gasteiger partial charge in [0.1, 0.15) is 0 Å². The molecule has 20 heavy (non-hydrogen) atoms. The number of aromatic nitrogens is 2. The van der Waals surface area contributed by atoms with Crippen molar-refractivity contribution in [1.82, 2.24) is 15.2 Å². The molecule has 0 fully saturated rings. The lowest BCUT2D eigenvalue weighted by Gasteiger charge is -2.17. The molecule has 1 unspecified atom stereocenters. The van der Waals surface area contributed by atoms with Crippen molar-refractivity contribution >= 4 is 17.3 Å². The molecule has 5 N–H and O–H groups in total. The van der Waals surface area contributed by atoms with Gasteiger partial charge in [0.05, 0.1) is 11.7 Å². The molecule has 0 amide bonds. The van der Waals surface area contributed by atoms with Crippen molar-refractivity contribution in [1.29, 1.82) is 0 Å². The first-order valence-corrected chi connectivity index (χ1v) is 6.94. The van der Waals surface area contributed by atoms with Gasteiger partial charge in [0, 0.05) is 29.4 Å². The van der Waals surface area contributed by atoms with Gasteiger partial charge in [0.25, 0.3) is 0 Å². The summed E-state index contributed by atoms with van der Waals surface area (Å²) in [6, 6.07) is 7.67. The number of rotatable bonds is 5. The van der Waals surface area contributed by atoms with E-state index in [-0.39, 0.29) is 6.04 Å². The number of nitrogens with zero attached hydrogens (tertiary/aromatic N) is 2. The van der Waals surface area contributed by atoms with Crippen molar-refractivity contribution in [3.63, 3.8) is 0 Å². The molecule has 5 nitrogen and oxygen atoms in total. The van der Waals surface area contributed by atoms with Crippen LogP contribution in [0.1, 0.15) is 37.2 Å². The van der Waals surface area contributed by atoms with Crippen molar-refractivity contribution in [3.05, 3.63) is 46.7 Å². The normalized spacial score (nSPS) is 12.8. The van der Waals surface area contributed by atoms with Gasteiger partial charge < -0.3 is 5.73 Å². The monoisotopic (exact) mass is 293 g/mol. The highest BCUT2D eigenvalue weighted by Gasteiger charge is 2.15. The van der Waals surface area contributed by atoms with Crippen LogP contribution in [0.4, 0.5) is 5.69 Å². The Morgan fingerprint density at radius 3 is 2.65 bits per heavy atom. The Labute approximate surface area is 123 Å². The Bertz CT molecular complexity index is 579. The minimum absolute atomic E-state index is 0.0946. The van der Waals surface area contributed by atoms with Crippen LogP contribution in [-0.2, 0) is 6.42 Å². The number of hydrogen-bond donors (Lipinski definition) is 3. The van der Waals surface area contributed by atoms with Crippen molar-refractivity contribution < 1.29 is 0 Å². The molecule has 1 aromatic heterocycles. The lowest BCUT2D eigenvalue weighted by molar-refractivity contribution is 0.507. The first-order chi connectivity index (χ1) is 9.51. The molecular weight excluding hydrogens is 274 g/mol. The standard InChI is InChI=1S/C14H20ClN5/c1-9(2)20-6-5-11(19-20)8-14(18-17)12-4-3-10(15)7-13(12)16/h3-7,9,14,18H,8,16-17H2,1-2H3. The maximum Gasteiger partial charge on any atom is 0.0644 e. The molecule has 0 saturated heterocycles. The Balaban J connectivity index is 2.19. The Morgan fingerprint density at radius 1 is 1.35 bits per heavy atom. The fraction of sp³-hybridized carbons (Fsp3) is 0.357. The van der Waals surface area contributed by atoms with Crippen LogP contribution in [0.25, 0.3) is 0 Å². The largest absolute Gasteiger partial charge is 0.398 e. The zero-order valence-corrected chi connectivity index (χ0v) is 12.4. The fourth-order valence-corrected chi connectivity index (χ4v) is 2.29.